The number of nitriles is 1. The van der Waals surface area contributed by atoms with Crippen molar-refractivity contribution < 1.29 is 28.5 Å². The lowest BCUT2D eigenvalue weighted by atomic mass is 9.83. The van der Waals surface area contributed by atoms with E-state index in [1.165, 1.54) is 14.2 Å². The van der Waals surface area contributed by atoms with Gasteiger partial charge in [-0.3, -0.25) is 0 Å². The van der Waals surface area contributed by atoms with E-state index >= 15 is 0 Å². The number of methoxy groups -OCH3 is 2. The van der Waals surface area contributed by atoms with E-state index in [2.05, 4.69) is 6.07 Å². The van der Waals surface area contributed by atoms with Crippen LogP contribution in [0.3, 0.4) is 0 Å². The van der Waals surface area contributed by atoms with Gasteiger partial charge in [0.05, 0.1) is 20.1 Å². The van der Waals surface area contributed by atoms with E-state index in [0.717, 1.165) is 5.56 Å². The fourth-order valence-electron chi connectivity index (χ4n) is 4.03. The second kappa shape index (κ2) is 10.5. The largest absolute Gasteiger partial charge is 0.493 e. The number of hydrogen-bond donors (Lipinski definition) is 1. The molecule has 0 saturated heterocycles. The van der Waals surface area contributed by atoms with Crippen LogP contribution in [0.2, 0.25) is 5.02 Å². The molecule has 3 aromatic carbocycles. The van der Waals surface area contributed by atoms with Crippen LogP contribution in [0.25, 0.3) is 0 Å². The molecule has 1 aliphatic heterocycles. The van der Waals surface area contributed by atoms with Crippen molar-refractivity contribution >= 4 is 17.6 Å². The third-order valence-electron chi connectivity index (χ3n) is 5.65. The number of carbonyl (C=O) groups excluding carboxylic acids is 1. The fourth-order valence-corrected chi connectivity index (χ4v) is 4.26. The number of rotatable bonds is 7. The maximum atomic E-state index is 12.4. The molecule has 0 amide bonds. The number of aryl methyl sites for hydroxylation is 1. The smallest absolute Gasteiger partial charge is 0.349 e. The summed E-state index contributed by atoms with van der Waals surface area (Å²) in [5, 5.41) is 10.4. The molecule has 8 nitrogen and oxygen atoms in total. The van der Waals surface area contributed by atoms with Crippen LogP contribution >= 0.6 is 11.6 Å². The van der Waals surface area contributed by atoms with Crippen molar-refractivity contribution in [3.05, 3.63) is 87.8 Å². The van der Waals surface area contributed by atoms with Gasteiger partial charge >= 0.3 is 5.97 Å². The van der Waals surface area contributed by atoms with Crippen LogP contribution in [0.1, 0.15) is 22.6 Å². The Hall–Kier alpha value is -4.35. The molecule has 36 heavy (non-hydrogen) atoms. The van der Waals surface area contributed by atoms with Gasteiger partial charge in [-0.15, -0.1) is 0 Å². The van der Waals surface area contributed by atoms with E-state index in [-0.39, 0.29) is 23.8 Å². The van der Waals surface area contributed by atoms with Gasteiger partial charge < -0.3 is 29.4 Å². The van der Waals surface area contributed by atoms with Gasteiger partial charge in [0.2, 0.25) is 5.88 Å². The highest BCUT2D eigenvalue weighted by Crippen LogP contribution is 2.47. The second-order valence-electron chi connectivity index (χ2n) is 7.88. The SMILES string of the molecule is COc1cccc(C2C(C#N)=C(N)Oc3cc(OC(=O)COc4ccc(Cl)cc4C)ccc32)c1OC. The number of benzene rings is 3. The summed E-state index contributed by atoms with van der Waals surface area (Å²) in [6.07, 6.45) is 0. The van der Waals surface area contributed by atoms with Crippen LogP contribution < -0.4 is 29.4 Å². The highest BCUT2D eigenvalue weighted by molar-refractivity contribution is 6.30. The molecule has 0 radical (unpaired) electrons. The van der Waals surface area contributed by atoms with Gasteiger partial charge in [0.25, 0.3) is 0 Å². The maximum absolute atomic E-state index is 12.4. The van der Waals surface area contributed by atoms with Crippen LogP contribution in [0, 0.1) is 18.3 Å². The summed E-state index contributed by atoms with van der Waals surface area (Å²) in [6, 6.07) is 17.5. The minimum atomic E-state index is -0.604. The molecule has 0 spiro atoms. The number of esters is 1. The van der Waals surface area contributed by atoms with Gasteiger partial charge in [-0.2, -0.15) is 5.26 Å². The number of ether oxygens (including phenoxy) is 5. The molecule has 1 atom stereocenters. The molecule has 4 rings (SSSR count). The first kappa shape index (κ1) is 24.8. The summed E-state index contributed by atoms with van der Waals surface area (Å²) >= 11 is 5.95. The van der Waals surface area contributed by atoms with Gasteiger partial charge in [0.1, 0.15) is 28.9 Å². The molecular formula is C27H23ClN2O6. The first-order valence-electron chi connectivity index (χ1n) is 10.9. The van der Waals surface area contributed by atoms with Crippen LogP contribution in [-0.4, -0.2) is 26.8 Å². The minimum absolute atomic E-state index is 0.0510. The van der Waals surface area contributed by atoms with Crippen molar-refractivity contribution in [3.8, 4) is 34.8 Å². The predicted molar refractivity (Wildman–Crippen MR) is 133 cm³/mol. The van der Waals surface area contributed by atoms with E-state index in [1.807, 2.05) is 13.0 Å². The number of allylic oxidation sites excluding steroid dienone is 1. The molecule has 0 aliphatic carbocycles. The molecule has 2 N–H and O–H groups in total. The van der Waals surface area contributed by atoms with Gasteiger partial charge in [-0.25, -0.2) is 4.79 Å². The zero-order valence-corrected chi connectivity index (χ0v) is 20.6. The highest BCUT2D eigenvalue weighted by Gasteiger charge is 2.33. The maximum Gasteiger partial charge on any atom is 0.349 e. The van der Waals surface area contributed by atoms with Crippen molar-refractivity contribution in [3.63, 3.8) is 0 Å². The first-order valence-corrected chi connectivity index (χ1v) is 11.3. The molecule has 0 bridgehead atoms. The number of hydrogen-bond acceptors (Lipinski definition) is 8. The Morgan fingerprint density at radius 1 is 1.08 bits per heavy atom. The lowest BCUT2D eigenvalue weighted by molar-refractivity contribution is -0.136. The quantitative estimate of drug-likeness (QED) is 0.357. The Labute approximate surface area is 213 Å². The molecule has 1 heterocycles. The number of carbonyl (C=O) groups is 1. The standard InChI is InChI=1S/C27H23ClN2O6/c1-15-11-16(28)7-10-21(15)34-14-24(31)35-17-8-9-18-23(12-17)36-27(30)20(13-29)25(18)19-5-4-6-22(32-2)26(19)33-3/h4-12,25H,14,30H2,1-3H3. The normalized spacial score (nSPS) is 14.2. The lowest BCUT2D eigenvalue weighted by Gasteiger charge is -2.28. The van der Waals surface area contributed by atoms with Gasteiger partial charge in [0.15, 0.2) is 18.1 Å². The van der Waals surface area contributed by atoms with Crippen LogP contribution in [0.4, 0.5) is 0 Å². The van der Waals surface area contributed by atoms with Crippen molar-refractivity contribution in [1.82, 2.24) is 0 Å². The molecular weight excluding hydrogens is 484 g/mol. The van der Waals surface area contributed by atoms with E-state index in [9.17, 15) is 10.1 Å². The Bertz CT molecular complexity index is 1400. The van der Waals surface area contributed by atoms with Crippen molar-refractivity contribution in [2.45, 2.75) is 12.8 Å². The zero-order valence-electron chi connectivity index (χ0n) is 19.8. The van der Waals surface area contributed by atoms with Gasteiger partial charge in [-0.05, 0) is 42.8 Å². The van der Waals surface area contributed by atoms with Crippen LogP contribution in [0.5, 0.6) is 28.7 Å². The molecule has 0 fully saturated rings. The van der Waals surface area contributed by atoms with Gasteiger partial charge in [-0.1, -0.05) is 29.8 Å². The predicted octanol–water partition coefficient (Wildman–Crippen LogP) is 4.87. The summed E-state index contributed by atoms with van der Waals surface area (Å²) < 4.78 is 27.7. The second-order valence-corrected chi connectivity index (χ2v) is 8.32. The van der Waals surface area contributed by atoms with E-state index in [1.54, 1.807) is 48.5 Å². The molecule has 1 unspecified atom stereocenters. The average Bonchev–Trinajstić information content (AvgIpc) is 2.86. The van der Waals surface area contributed by atoms with Crippen molar-refractivity contribution in [2.75, 3.05) is 20.8 Å². The molecule has 3 aromatic rings. The topological polar surface area (TPSA) is 113 Å². The Balaban J connectivity index is 1.60. The third kappa shape index (κ3) is 4.88. The minimum Gasteiger partial charge on any atom is -0.493 e. The molecule has 0 saturated carbocycles. The number of para-hydroxylation sites is 1. The molecule has 0 aromatic heterocycles. The number of halogens is 1. The molecule has 184 valence electrons. The average molecular weight is 507 g/mol. The first-order chi connectivity index (χ1) is 17.4. The van der Waals surface area contributed by atoms with E-state index < -0.39 is 11.9 Å². The van der Waals surface area contributed by atoms with Crippen LogP contribution in [0.15, 0.2) is 66.1 Å². The number of nitrogens with two attached hydrogens (primary N) is 1. The van der Waals surface area contributed by atoms with Gasteiger partial charge in [0, 0.05) is 22.2 Å². The Kier molecular flexibility index (Phi) is 7.23. The van der Waals surface area contributed by atoms with Crippen LogP contribution in [-0.2, 0) is 4.79 Å². The summed E-state index contributed by atoms with van der Waals surface area (Å²) in [7, 11) is 3.06. The summed E-state index contributed by atoms with van der Waals surface area (Å²) in [4.78, 5) is 12.4. The highest BCUT2D eigenvalue weighted by atomic mass is 35.5. The fraction of sp³-hybridized carbons (Fsp3) is 0.185. The Morgan fingerprint density at radius 2 is 1.89 bits per heavy atom. The van der Waals surface area contributed by atoms with Crippen molar-refractivity contribution in [2.24, 2.45) is 5.73 Å². The summed E-state index contributed by atoms with van der Waals surface area (Å²) in [5.41, 5.74) is 8.46. The Morgan fingerprint density at radius 3 is 2.58 bits per heavy atom. The van der Waals surface area contributed by atoms with E-state index in [0.29, 0.717) is 39.1 Å². The van der Waals surface area contributed by atoms with Crippen molar-refractivity contribution in [1.29, 1.82) is 5.26 Å². The number of fused-ring (bicyclic) bond motifs is 1. The molecule has 9 heteroatoms. The zero-order chi connectivity index (χ0) is 25.8. The van der Waals surface area contributed by atoms with E-state index in [4.69, 9.17) is 41.0 Å². The summed E-state index contributed by atoms with van der Waals surface area (Å²) in [5.74, 6) is 0.869. The molecule has 1 aliphatic rings. The third-order valence-corrected chi connectivity index (χ3v) is 5.88. The summed E-state index contributed by atoms with van der Waals surface area (Å²) in [6.45, 7) is 1.53. The monoisotopic (exact) mass is 506 g/mol. The lowest BCUT2D eigenvalue weighted by Crippen LogP contribution is -2.22. The number of nitrogens with zero attached hydrogens (tertiary/aromatic N) is 1.